The first-order chi connectivity index (χ1) is 27.7. The second-order valence-corrected chi connectivity index (χ2v) is 13.7. The Hall–Kier alpha value is -7.77. The summed E-state index contributed by atoms with van der Waals surface area (Å²) in [5.41, 5.74) is 11.1. The van der Waals surface area contributed by atoms with E-state index in [0.717, 1.165) is 82.7 Å². The number of aromatic nitrogens is 5. The van der Waals surface area contributed by atoms with Gasteiger partial charge in [0.2, 0.25) is 5.89 Å². The monoisotopic (exact) mass is 719 g/mol. The third-order valence-electron chi connectivity index (χ3n) is 10.3. The third kappa shape index (κ3) is 5.41. The lowest BCUT2D eigenvalue weighted by molar-refractivity contribution is 0.619. The van der Waals surface area contributed by atoms with Gasteiger partial charge in [0, 0.05) is 34.5 Å². The summed E-state index contributed by atoms with van der Waals surface area (Å²) in [7, 11) is 0. The van der Waals surface area contributed by atoms with E-state index in [2.05, 4.69) is 77.8 Å². The van der Waals surface area contributed by atoms with Crippen LogP contribution in [-0.2, 0) is 0 Å². The number of oxazole rings is 1. The molecule has 262 valence electrons. The summed E-state index contributed by atoms with van der Waals surface area (Å²) < 4.78 is 12.5. The van der Waals surface area contributed by atoms with E-state index in [-0.39, 0.29) is 0 Å². The molecule has 0 aliphatic rings. The van der Waals surface area contributed by atoms with Crippen molar-refractivity contribution in [2.24, 2.45) is 0 Å². The number of nitrogens with zero attached hydrogens (tertiary/aromatic N) is 5. The van der Waals surface area contributed by atoms with Crippen molar-refractivity contribution in [1.82, 2.24) is 24.9 Å². The van der Waals surface area contributed by atoms with E-state index in [1.807, 2.05) is 91.0 Å². The molecule has 0 amide bonds. The van der Waals surface area contributed by atoms with Gasteiger partial charge >= 0.3 is 0 Å². The zero-order valence-electron chi connectivity index (χ0n) is 29.8. The largest absolute Gasteiger partial charge is 0.456 e. The molecule has 0 aliphatic carbocycles. The molecule has 7 aromatic carbocycles. The highest BCUT2D eigenvalue weighted by Gasteiger charge is 2.19. The summed E-state index contributed by atoms with van der Waals surface area (Å²) >= 11 is 0. The first-order valence-corrected chi connectivity index (χ1v) is 18.4. The number of benzene rings is 7. The Bertz CT molecular complexity index is 3170. The summed E-state index contributed by atoms with van der Waals surface area (Å²) in [6, 6.07) is 55.7. The van der Waals surface area contributed by atoms with Crippen molar-refractivity contribution in [3.05, 3.63) is 176 Å². The van der Waals surface area contributed by atoms with Gasteiger partial charge in [0.05, 0.1) is 10.9 Å². The first-order valence-electron chi connectivity index (χ1n) is 18.4. The van der Waals surface area contributed by atoms with Crippen LogP contribution in [0.5, 0.6) is 0 Å². The van der Waals surface area contributed by atoms with E-state index >= 15 is 0 Å². The SMILES string of the molecule is c1ccc(-c2nc(-c3ccccc3)nc(-c3ccc(-c4ccc(-c5ccc6oc7ccc8oc(-c9cccnc9)nc8c7c6c5)c5ccccc45)cc3)n2)cc1. The van der Waals surface area contributed by atoms with Gasteiger partial charge in [-0.1, -0.05) is 127 Å². The van der Waals surface area contributed by atoms with E-state index in [9.17, 15) is 0 Å². The van der Waals surface area contributed by atoms with Crippen molar-refractivity contribution in [3.8, 4) is 67.9 Å². The molecule has 0 saturated heterocycles. The molecular weight excluding hydrogens is 691 g/mol. The zero-order chi connectivity index (χ0) is 37.0. The predicted octanol–water partition coefficient (Wildman–Crippen LogP) is 12.5. The molecule has 0 fully saturated rings. The number of furan rings is 1. The number of hydrogen-bond donors (Lipinski definition) is 0. The number of hydrogen-bond acceptors (Lipinski definition) is 7. The van der Waals surface area contributed by atoms with Gasteiger partial charge in [0.1, 0.15) is 16.7 Å². The summed E-state index contributed by atoms with van der Waals surface area (Å²) in [5.74, 6) is 2.44. The second-order valence-electron chi connectivity index (χ2n) is 13.7. The van der Waals surface area contributed by atoms with Crippen LogP contribution < -0.4 is 0 Å². The maximum atomic E-state index is 6.32. The molecule has 0 aliphatic heterocycles. The molecule has 11 rings (SSSR count). The van der Waals surface area contributed by atoms with Gasteiger partial charge in [0.15, 0.2) is 23.1 Å². The van der Waals surface area contributed by atoms with Gasteiger partial charge in [-0.25, -0.2) is 19.9 Å². The highest BCUT2D eigenvalue weighted by Crippen LogP contribution is 2.41. The molecule has 0 bridgehead atoms. The van der Waals surface area contributed by atoms with E-state index in [1.54, 1.807) is 12.4 Å². The second kappa shape index (κ2) is 13.0. The molecule has 0 unspecified atom stereocenters. The lowest BCUT2D eigenvalue weighted by atomic mass is 9.91. The average Bonchev–Trinajstić information content (AvgIpc) is 3.88. The van der Waals surface area contributed by atoms with Crippen LogP contribution in [0.4, 0.5) is 0 Å². The van der Waals surface area contributed by atoms with Gasteiger partial charge in [-0.3, -0.25) is 4.98 Å². The minimum atomic E-state index is 0.530. The Morgan fingerprint density at radius 3 is 1.54 bits per heavy atom. The van der Waals surface area contributed by atoms with Crippen LogP contribution in [0.1, 0.15) is 0 Å². The van der Waals surface area contributed by atoms with Gasteiger partial charge < -0.3 is 8.83 Å². The summed E-state index contributed by atoms with van der Waals surface area (Å²) in [6.45, 7) is 0. The summed E-state index contributed by atoms with van der Waals surface area (Å²) in [5, 5.41) is 4.24. The van der Waals surface area contributed by atoms with Crippen molar-refractivity contribution < 1.29 is 8.83 Å². The molecule has 0 atom stereocenters. The van der Waals surface area contributed by atoms with Crippen LogP contribution in [0.2, 0.25) is 0 Å². The van der Waals surface area contributed by atoms with Crippen molar-refractivity contribution in [1.29, 1.82) is 0 Å². The number of pyridine rings is 1. The van der Waals surface area contributed by atoms with Crippen molar-refractivity contribution in [2.45, 2.75) is 0 Å². The van der Waals surface area contributed by atoms with E-state index < -0.39 is 0 Å². The Labute approximate surface area is 320 Å². The van der Waals surface area contributed by atoms with Gasteiger partial charge in [-0.05, 0) is 69.4 Å². The van der Waals surface area contributed by atoms with Crippen LogP contribution in [0.25, 0.3) is 112 Å². The van der Waals surface area contributed by atoms with Crippen LogP contribution in [0.15, 0.2) is 185 Å². The van der Waals surface area contributed by atoms with Crippen LogP contribution >= 0.6 is 0 Å². The minimum absolute atomic E-state index is 0.530. The Morgan fingerprint density at radius 1 is 0.357 bits per heavy atom. The maximum Gasteiger partial charge on any atom is 0.228 e. The Morgan fingerprint density at radius 2 is 0.893 bits per heavy atom. The molecule has 0 spiro atoms. The lowest BCUT2D eigenvalue weighted by Gasteiger charge is -2.13. The minimum Gasteiger partial charge on any atom is -0.456 e. The summed E-state index contributed by atoms with van der Waals surface area (Å²) in [6.07, 6.45) is 3.50. The fraction of sp³-hybridized carbons (Fsp3) is 0. The quantitative estimate of drug-likeness (QED) is 0.169. The average molecular weight is 720 g/mol. The smallest absolute Gasteiger partial charge is 0.228 e. The van der Waals surface area contributed by atoms with Crippen molar-refractivity contribution >= 4 is 43.8 Å². The normalized spacial score (nSPS) is 11.6. The van der Waals surface area contributed by atoms with Crippen LogP contribution in [0.3, 0.4) is 0 Å². The Kier molecular flexibility index (Phi) is 7.35. The number of fused-ring (bicyclic) bond motifs is 6. The third-order valence-corrected chi connectivity index (χ3v) is 10.3. The molecule has 0 radical (unpaired) electrons. The van der Waals surface area contributed by atoms with Gasteiger partial charge in [-0.15, -0.1) is 0 Å². The molecule has 7 nitrogen and oxygen atoms in total. The van der Waals surface area contributed by atoms with E-state index in [1.165, 1.54) is 0 Å². The molecule has 0 N–H and O–H groups in total. The molecular formula is C49H29N5O2. The van der Waals surface area contributed by atoms with Crippen molar-refractivity contribution in [2.75, 3.05) is 0 Å². The fourth-order valence-corrected chi connectivity index (χ4v) is 7.57. The Balaban J connectivity index is 0.986. The maximum absolute atomic E-state index is 6.32. The van der Waals surface area contributed by atoms with Crippen LogP contribution in [0, 0.1) is 0 Å². The van der Waals surface area contributed by atoms with Crippen molar-refractivity contribution in [3.63, 3.8) is 0 Å². The first kappa shape index (κ1) is 31.7. The molecule has 4 aromatic heterocycles. The lowest BCUT2D eigenvalue weighted by Crippen LogP contribution is -2.00. The molecule has 0 saturated carbocycles. The standard InChI is InChI=1S/C49H29N5O2/c1-3-10-31(11-4-1)46-52-47(32-12-5-2-6-13-32)54-48(53-46)33-19-17-30(18-20-33)36-22-23-37(39-16-8-7-15-38(36)39)34-21-24-41-40(28-34)44-42(55-41)25-26-43-45(44)51-49(56-43)35-14-9-27-50-29-35/h1-29H. The zero-order valence-corrected chi connectivity index (χ0v) is 29.8. The molecule has 11 aromatic rings. The topological polar surface area (TPSA) is 90.7 Å². The molecule has 7 heteroatoms. The number of rotatable bonds is 6. The summed E-state index contributed by atoms with van der Waals surface area (Å²) in [4.78, 5) is 23.9. The highest BCUT2D eigenvalue weighted by molar-refractivity contribution is 6.18. The van der Waals surface area contributed by atoms with Gasteiger partial charge in [0.25, 0.3) is 0 Å². The van der Waals surface area contributed by atoms with E-state index in [0.29, 0.717) is 28.9 Å². The van der Waals surface area contributed by atoms with Gasteiger partial charge in [-0.2, -0.15) is 0 Å². The molecule has 56 heavy (non-hydrogen) atoms. The highest BCUT2D eigenvalue weighted by atomic mass is 16.4. The fourth-order valence-electron chi connectivity index (χ4n) is 7.57. The predicted molar refractivity (Wildman–Crippen MR) is 223 cm³/mol. The molecule has 4 heterocycles. The van der Waals surface area contributed by atoms with E-state index in [4.69, 9.17) is 28.8 Å². The van der Waals surface area contributed by atoms with Crippen LogP contribution in [-0.4, -0.2) is 24.9 Å².